The summed E-state index contributed by atoms with van der Waals surface area (Å²) >= 11 is 12.0. The largest absolute Gasteiger partial charge is 0.382 e. The molecular weight excluding hydrogens is 259 g/mol. The number of benzene rings is 1. The second-order valence-electron chi connectivity index (χ2n) is 3.79. The first-order valence-corrected chi connectivity index (χ1v) is 6.40. The van der Waals surface area contributed by atoms with Gasteiger partial charge in [0.15, 0.2) is 0 Å². The highest BCUT2D eigenvalue weighted by molar-refractivity contribution is 6.33. The van der Waals surface area contributed by atoms with Crippen LogP contribution in [0.3, 0.4) is 0 Å². The third-order valence-corrected chi connectivity index (χ3v) is 3.13. The Kier molecular flexibility index (Phi) is 6.85. The van der Waals surface area contributed by atoms with E-state index in [2.05, 4.69) is 5.43 Å². The zero-order valence-corrected chi connectivity index (χ0v) is 11.4. The van der Waals surface area contributed by atoms with Crippen molar-refractivity contribution >= 4 is 23.2 Å². The lowest BCUT2D eigenvalue weighted by molar-refractivity contribution is 0.136. The molecule has 96 valence electrons. The van der Waals surface area contributed by atoms with E-state index < -0.39 is 0 Å². The Morgan fingerprint density at radius 3 is 2.82 bits per heavy atom. The summed E-state index contributed by atoms with van der Waals surface area (Å²) in [5, 5.41) is 1.40. The Morgan fingerprint density at radius 2 is 2.18 bits per heavy atom. The Hall–Kier alpha value is -0.320. The molecule has 0 aliphatic rings. The predicted molar refractivity (Wildman–Crippen MR) is 72.4 cm³/mol. The second-order valence-corrected chi connectivity index (χ2v) is 4.63. The van der Waals surface area contributed by atoms with Crippen molar-refractivity contribution in [2.45, 2.75) is 25.8 Å². The SMILES string of the molecule is CCOCCC(Cc1cc(Cl)ccc1Cl)NN. The van der Waals surface area contributed by atoms with Gasteiger partial charge in [0.1, 0.15) is 0 Å². The van der Waals surface area contributed by atoms with E-state index in [0.717, 1.165) is 25.0 Å². The molecule has 1 aromatic rings. The average Bonchev–Trinajstić information content (AvgIpc) is 2.32. The minimum absolute atomic E-state index is 0.137. The van der Waals surface area contributed by atoms with Crippen molar-refractivity contribution in [3.05, 3.63) is 33.8 Å². The van der Waals surface area contributed by atoms with Crippen LogP contribution in [0.4, 0.5) is 0 Å². The molecular formula is C12H18Cl2N2O. The minimum atomic E-state index is 0.137. The van der Waals surface area contributed by atoms with E-state index in [1.54, 1.807) is 12.1 Å². The smallest absolute Gasteiger partial charge is 0.0481 e. The van der Waals surface area contributed by atoms with Crippen LogP contribution in [0.15, 0.2) is 18.2 Å². The standard InChI is InChI=1S/C12H18Cl2N2O/c1-2-17-6-5-11(16-15)8-9-7-10(13)3-4-12(9)14/h3-4,7,11,16H,2,5-6,8,15H2,1H3. The first kappa shape index (κ1) is 14.7. The van der Waals surface area contributed by atoms with Crippen molar-refractivity contribution in [3.63, 3.8) is 0 Å². The molecule has 17 heavy (non-hydrogen) atoms. The van der Waals surface area contributed by atoms with Crippen LogP contribution < -0.4 is 11.3 Å². The lowest BCUT2D eigenvalue weighted by atomic mass is 10.0. The summed E-state index contributed by atoms with van der Waals surface area (Å²) in [7, 11) is 0. The van der Waals surface area contributed by atoms with Crippen LogP contribution in [0.1, 0.15) is 18.9 Å². The van der Waals surface area contributed by atoms with Crippen LogP contribution >= 0.6 is 23.2 Å². The zero-order chi connectivity index (χ0) is 12.7. The molecule has 5 heteroatoms. The normalized spacial score (nSPS) is 12.7. The topological polar surface area (TPSA) is 47.3 Å². The van der Waals surface area contributed by atoms with Crippen molar-refractivity contribution in [2.75, 3.05) is 13.2 Å². The molecule has 3 nitrogen and oxygen atoms in total. The molecule has 0 saturated carbocycles. The molecule has 0 radical (unpaired) electrons. The molecule has 0 aromatic heterocycles. The summed E-state index contributed by atoms with van der Waals surface area (Å²) in [6.45, 7) is 3.37. The predicted octanol–water partition coefficient (Wildman–Crippen LogP) is 2.79. The molecule has 1 unspecified atom stereocenters. The lowest BCUT2D eigenvalue weighted by Gasteiger charge is -2.16. The minimum Gasteiger partial charge on any atom is -0.382 e. The maximum atomic E-state index is 6.10. The van der Waals surface area contributed by atoms with Crippen LogP contribution in [0, 0.1) is 0 Å². The van der Waals surface area contributed by atoms with Crippen LogP contribution in [0.25, 0.3) is 0 Å². The Balaban J connectivity index is 2.57. The fourth-order valence-electron chi connectivity index (χ4n) is 1.58. The molecule has 0 fully saturated rings. The van der Waals surface area contributed by atoms with E-state index in [1.165, 1.54) is 0 Å². The lowest BCUT2D eigenvalue weighted by Crippen LogP contribution is -2.37. The number of nitrogens with two attached hydrogens (primary N) is 1. The van der Waals surface area contributed by atoms with E-state index in [-0.39, 0.29) is 6.04 Å². The van der Waals surface area contributed by atoms with Gasteiger partial charge >= 0.3 is 0 Å². The van der Waals surface area contributed by atoms with Gasteiger partial charge in [0.2, 0.25) is 0 Å². The molecule has 0 bridgehead atoms. The first-order chi connectivity index (χ1) is 8.17. The van der Waals surface area contributed by atoms with Gasteiger partial charge in [0.05, 0.1) is 0 Å². The first-order valence-electron chi connectivity index (χ1n) is 5.65. The molecule has 1 aromatic carbocycles. The van der Waals surface area contributed by atoms with Crippen LogP contribution in [-0.4, -0.2) is 19.3 Å². The number of hydrazine groups is 1. The molecule has 0 aliphatic carbocycles. The number of ether oxygens (including phenoxy) is 1. The van der Waals surface area contributed by atoms with Gasteiger partial charge < -0.3 is 4.74 Å². The molecule has 1 atom stereocenters. The van der Waals surface area contributed by atoms with E-state index in [9.17, 15) is 0 Å². The molecule has 0 amide bonds. The number of halogens is 2. The summed E-state index contributed by atoms with van der Waals surface area (Å²) in [6.07, 6.45) is 1.58. The Labute approximate surface area is 112 Å². The number of rotatable bonds is 7. The third kappa shape index (κ3) is 5.23. The van der Waals surface area contributed by atoms with Gasteiger partial charge in [-0.25, -0.2) is 0 Å². The summed E-state index contributed by atoms with van der Waals surface area (Å²) in [6, 6.07) is 5.58. The van der Waals surface area contributed by atoms with Gasteiger partial charge in [0, 0.05) is 29.3 Å². The third-order valence-electron chi connectivity index (χ3n) is 2.52. The molecule has 3 N–H and O–H groups in total. The number of nitrogens with one attached hydrogen (secondary N) is 1. The monoisotopic (exact) mass is 276 g/mol. The number of hydrogen-bond donors (Lipinski definition) is 2. The molecule has 0 aliphatic heterocycles. The van der Waals surface area contributed by atoms with E-state index >= 15 is 0 Å². The zero-order valence-electron chi connectivity index (χ0n) is 9.88. The highest BCUT2D eigenvalue weighted by atomic mass is 35.5. The summed E-state index contributed by atoms with van der Waals surface area (Å²) in [4.78, 5) is 0. The molecule has 0 spiro atoms. The highest BCUT2D eigenvalue weighted by Crippen LogP contribution is 2.22. The van der Waals surface area contributed by atoms with E-state index in [1.807, 2.05) is 13.0 Å². The number of hydrogen-bond acceptors (Lipinski definition) is 3. The molecule has 0 saturated heterocycles. The van der Waals surface area contributed by atoms with Gasteiger partial charge in [-0.2, -0.15) is 0 Å². The van der Waals surface area contributed by atoms with Gasteiger partial charge in [0.25, 0.3) is 0 Å². The summed E-state index contributed by atoms with van der Waals surface area (Å²) < 4.78 is 5.30. The molecule has 0 heterocycles. The van der Waals surface area contributed by atoms with Crippen LogP contribution in [0.5, 0.6) is 0 Å². The summed E-state index contributed by atoms with van der Waals surface area (Å²) in [5.74, 6) is 5.51. The second kappa shape index (κ2) is 7.90. The van der Waals surface area contributed by atoms with Gasteiger partial charge in [-0.15, -0.1) is 0 Å². The van der Waals surface area contributed by atoms with Crippen LogP contribution in [0.2, 0.25) is 10.0 Å². The highest BCUT2D eigenvalue weighted by Gasteiger charge is 2.10. The van der Waals surface area contributed by atoms with E-state index in [4.69, 9.17) is 33.8 Å². The van der Waals surface area contributed by atoms with Crippen molar-refractivity contribution in [3.8, 4) is 0 Å². The summed E-state index contributed by atoms with van der Waals surface area (Å²) in [5.41, 5.74) is 3.77. The van der Waals surface area contributed by atoms with E-state index in [0.29, 0.717) is 16.7 Å². The quantitative estimate of drug-likeness (QED) is 0.457. The van der Waals surface area contributed by atoms with Crippen molar-refractivity contribution < 1.29 is 4.74 Å². The van der Waals surface area contributed by atoms with Gasteiger partial charge in [-0.05, 0) is 43.5 Å². The van der Waals surface area contributed by atoms with Crippen LogP contribution in [-0.2, 0) is 11.2 Å². The van der Waals surface area contributed by atoms with Gasteiger partial charge in [-0.3, -0.25) is 11.3 Å². The average molecular weight is 277 g/mol. The maximum Gasteiger partial charge on any atom is 0.0481 e. The fraction of sp³-hybridized carbons (Fsp3) is 0.500. The maximum absolute atomic E-state index is 6.10. The molecule has 1 rings (SSSR count). The fourth-order valence-corrected chi connectivity index (χ4v) is 1.97. The van der Waals surface area contributed by atoms with Crippen molar-refractivity contribution in [1.82, 2.24) is 5.43 Å². The van der Waals surface area contributed by atoms with Crippen molar-refractivity contribution in [1.29, 1.82) is 0 Å². The Morgan fingerprint density at radius 1 is 1.41 bits per heavy atom. The van der Waals surface area contributed by atoms with Gasteiger partial charge in [-0.1, -0.05) is 23.2 Å². The van der Waals surface area contributed by atoms with Crippen molar-refractivity contribution in [2.24, 2.45) is 5.84 Å². The Bertz CT molecular complexity index is 347.